The smallest absolute Gasteiger partial charge is 0.147 e. The van der Waals surface area contributed by atoms with Gasteiger partial charge in [0.05, 0.1) is 15.6 Å². The molecule has 1 aromatic carbocycles. The summed E-state index contributed by atoms with van der Waals surface area (Å²) >= 11 is 7.20. The van der Waals surface area contributed by atoms with Gasteiger partial charge in [0, 0.05) is 6.54 Å². The van der Waals surface area contributed by atoms with Gasteiger partial charge in [0.1, 0.15) is 5.75 Å². The van der Waals surface area contributed by atoms with Crippen LogP contribution in [0.3, 0.4) is 0 Å². The summed E-state index contributed by atoms with van der Waals surface area (Å²) in [6.07, 6.45) is 2.19. The van der Waals surface area contributed by atoms with Gasteiger partial charge in [-0.25, -0.2) is 0 Å². The zero-order valence-corrected chi connectivity index (χ0v) is 17.1. The molecule has 0 saturated heterocycles. The molecule has 0 bridgehead atoms. The van der Waals surface area contributed by atoms with Crippen molar-refractivity contribution >= 4 is 31.9 Å². The summed E-state index contributed by atoms with van der Waals surface area (Å²) in [6.45, 7) is 12.6. The van der Waals surface area contributed by atoms with Gasteiger partial charge in [-0.15, -0.1) is 0 Å². The zero-order chi connectivity index (χ0) is 16.4. The average molecular weight is 436 g/mol. The molecule has 0 saturated carbocycles. The van der Waals surface area contributed by atoms with Gasteiger partial charge in [-0.3, -0.25) is 0 Å². The van der Waals surface area contributed by atoms with Crippen LogP contribution in [0.15, 0.2) is 21.1 Å². The van der Waals surface area contributed by atoms with Crippen molar-refractivity contribution in [2.75, 3.05) is 32.8 Å². The van der Waals surface area contributed by atoms with E-state index in [1.807, 2.05) is 0 Å². The molecule has 1 N–H and O–H groups in total. The van der Waals surface area contributed by atoms with Crippen LogP contribution in [0, 0.1) is 0 Å². The highest BCUT2D eigenvalue weighted by Crippen LogP contribution is 2.34. The Morgan fingerprint density at radius 3 is 2.27 bits per heavy atom. The topological polar surface area (TPSA) is 24.5 Å². The Hall–Kier alpha value is -0.100. The molecule has 0 aromatic heterocycles. The summed E-state index contributed by atoms with van der Waals surface area (Å²) in [4.78, 5) is 2.45. The maximum atomic E-state index is 5.75. The molecular formula is C17H28Br2N2O. The van der Waals surface area contributed by atoms with E-state index in [1.165, 1.54) is 12.0 Å². The maximum absolute atomic E-state index is 5.75. The molecule has 22 heavy (non-hydrogen) atoms. The molecule has 0 spiro atoms. The molecule has 0 aliphatic rings. The van der Waals surface area contributed by atoms with Crippen LogP contribution < -0.4 is 10.1 Å². The van der Waals surface area contributed by atoms with Crippen molar-refractivity contribution in [2.45, 2.75) is 40.2 Å². The molecular weight excluding hydrogens is 408 g/mol. The Balaban J connectivity index is 2.40. The quantitative estimate of drug-likeness (QED) is 0.504. The molecule has 5 heteroatoms. The van der Waals surface area contributed by atoms with Crippen molar-refractivity contribution in [1.82, 2.24) is 10.2 Å². The third-order valence-electron chi connectivity index (χ3n) is 3.56. The molecule has 0 heterocycles. The summed E-state index contributed by atoms with van der Waals surface area (Å²) < 4.78 is 7.77. The van der Waals surface area contributed by atoms with Crippen LogP contribution in [-0.4, -0.2) is 37.7 Å². The highest BCUT2D eigenvalue weighted by molar-refractivity contribution is 9.11. The summed E-state index contributed by atoms with van der Waals surface area (Å²) in [5.74, 6) is 0.895. The largest absolute Gasteiger partial charge is 0.491 e. The van der Waals surface area contributed by atoms with Gasteiger partial charge < -0.3 is 15.0 Å². The lowest BCUT2D eigenvalue weighted by Crippen LogP contribution is -2.27. The van der Waals surface area contributed by atoms with E-state index < -0.39 is 0 Å². The van der Waals surface area contributed by atoms with Gasteiger partial charge >= 0.3 is 0 Å². The molecule has 0 aliphatic carbocycles. The molecule has 126 valence electrons. The van der Waals surface area contributed by atoms with Crippen LogP contribution in [0.5, 0.6) is 5.75 Å². The summed E-state index contributed by atoms with van der Waals surface area (Å²) in [7, 11) is 0. The van der Waals surface area contributed by atoms with E-state index in [2.05, 4.69) is 75.0 Å². The lowest BCUT2D eigenvalue weighted by molar-refractivity contribution is 0.298. The minimum atomic E-state index is 0.736. The molecule has 0 fully saturated rings. The second-order valence-electron chi connectivity index (χ2n) is 5.29. The predicted octanol–water partition coefficient (Wildman–Crippen LogP) is 4.82. The summed E-state index contributed by atoms with van der Waals surface area (Å²) in [5.41, 5.74) is 1.26. The second kappa shape index (κ2) is 11.4. The minimum absolute atomic E-state index is 0.736. The SMILES string of the molecule is CCCOc1c(Br)cc(CNCCCN(CC)CC)cc1Br. The number of hydrogen-bond acceptors (Lipinski definition) is 3. The number of halogens is 2. The normalized spacial score (nSPS) is 11.2. The number of rotatable bonds is 11. The lowest BCUT2D eigenvalue weighted by atomic mass is 10.2. The Morgan fingerprint density at radius 2 is 1.73 bits per heavy atom. The molecule has 1 aromatic rings. The van der Waals surface area contributed by atoms with Gasteiger partial charge in [0.15, 0.2) is 0 Å². The molecule has 0 radical (unpaired) electrons. The van der Waals surface area contributed by atoms with Crippen molar-refractivity contribution in [1.29, 1.82) is 0 Å². The van der Waals surface area contributed by atoms with Crippen molar-refractivity contribution in [3.05, 3.63) is 26.6 Å². The Morgan fingerprint density at radius 1 is 1.09 bits per heavy atom. The third-order valence-corrected chi connectivity index (χ3v) is 4.74. The average Bonchev–Trinajstić information content (AvgIpc) is 2.50. The van der Waals surface area contributed by atoms with Gasteiger partial charge in [0.25, 0.3) is 0 Å². The van der Waals surface area contributed by atoms with E-state index >= 15 is 0 Å². The van der Waals surface area contributed by atoms with Crippen molar-refractivity contribution in [3.8, 4) is 5.75 Å². The van der Waals surface area contributed by atoms with Crippen LogP contribution in [0.2, 0.25) is 0 Å². The fourth-order valence-electron chi connectivity index (χ4n) is 2.26. The molecule has 0 unspecified atom stereocenters. The summed E-state index contributed by atoms with van der Waals surface area (Å²) in [5, 5.41) is 3.51. The number of benzene rings is 1. The van der Waals surface area contributed by atoms with E-state index in [4.69, 9.17) is 4.74 Å². The van der Waals surface area contributed by atoms with Crippen LogP contribution in [0.4, 0.5) is 0 Å². The fourth-order valence-corrected chi connectivity index (χ4v) is 3.77. The first-order valence-electron chi connectivity index (χ1n) is 8.16. The van der Waals surface area contributed by atoms with Gasteiger partial charge in [0.2, 0.25) is 0 Å². The number of hydrogen-bond donors (Lipinski definition) is 1. The van der Waals surface area contributed by atoms with Crippen molar-refractivity contribution < 1.29 is 4.74 Å². The molecule has 0 aliphatic heterocycles. The zero-order valence-electron chi connectivity index (χ0n) is 13.9. The van der Waals surface area contributed by atoms with E-state index in [1.54, 1.807) is 0 Å². The molecule has 0 amide bonds. The fraction of sp³-hybridized carbons (Fsp3) is 0.647. The molecule has 1 rings (SSSR count). The predicted molar refractivity (Wildman–Crippen MR) is 102 cm³/mol. The standard InChI is InChI=1S/C17H28Br2N2O/c1-4-10-22-17-15(18)11-14(12-16(17)19)13-20-8-7-9-21(5-2)6-3/h11-12,20H,4-10,13H2,1-3H3. The van der Waals surface area contributed by atoms with Crippen molar-refractivity contribution in [2.24, 2.45) is 0 Å². The van der Waals surface area contributed by atoms with Crippen molar-refractivity contribution in [3.63, 3.8) is 0 Å². The van der Waals surface area contributed by atoms with Crippen LogP contribution in [-0.2, 0) is 6.54 Å². The molecule has 0 atom stereocenters. The lowest BCUT2D eigenvalue weighted by Gasteiger charge is -2.17. The van der Waals surface area contributed by atoms with E-state index in [-0.39, 0.29) is 0 Å². The Kier molecular flexibility index (Phi) is 10.4. The van der Waals surface area contributed by atoms with Gasteiger partial charge in [-0.05, 0) is 88.6 Å². The van der Waals surface area contributed by atoms with E-state index in [0.717, 1.165) is 60.4 Å². The highest BCUT2D eigenvalue weighted by atomic mass is 79.9. The number of ether oxygens (including phenoxy) is 1. The molecule has 3 nitrogen and oxygen atoms in total. The van der Waals surface area contributed by atoms with Gasteiger partial charge in [-0.1, -0.05) is 20.8 Å². The monoisotopic (exact) mass is 434 g/mol. The Bertz CT molecular complexity index is 414. The third kappa shape index (κ3) is 6.99. The number of nitrogens with one attached hydrogen (secondary N) is 1. The van der Waals surface area contributed by atoms with Gasteiger partial charge in [-0.2, -0.15) is 0 Å². The summed E-state index contributed by atoms with van der Waals surface area (Å²) in [6, 6.07) is 4.26. The van der Waals surface area contributed by atoms with Crippen LogP contribution in [0.1, 0.15) is 39.2 Å². The first-order valence-corrected chi connectivity index (χ1v) is 9.74. The number of nitrogens with zero attached hydrogens (tertiary/aromatic N) is 1. The van der Waals surface area contributed by atoms with E-state index in [0.29, 0.717) is 0 Å². The van der Waals surface area contributed by atoms with Crippen LogP contribution >= 0.6 is 31.9 Å². The first-order chi connectivity index (χ1) is 10.6. The highest BCUT2D eigenvalue weighted by Gasteiger charge is 2.08. The van der Waals surface area contributed by atoms with Crippen LogP contribution in [0.25, 0.3) is 0 Å². The maximum Gasteiger partial charge on any atom is 0.147 e. The Labute approximate surface area is 152 Å². The first kappa shape index (κ1) is 19.9. The minimum Gasteiger partial charge on any atom is -0.491 e. The van der Waals surface area contributed by atoms with E-state index in [9.17, 15) is 0 Å². The second-order valence-corrected chi connectivity index (χ2v) is 7.00.